The number of thiophene rings is 1. The summed E-state index contributed by atoms with van der Waals surface area (Å²) in [5, 5.41) is 6.29. The van der Waals surface area contributed by atoms with Gasteiger partial charge in [0, 0.05) is 17.5 Å². The van der Waals surface area contributed by atoms with Gasteiger partial charge in [0.15, 0.2) is 5.16 Å². The van der Waals surface area contributed by atoms with Crippen LogP contribution in [-0.4, -0.2) is 33.3 Å². The number of nitrogens with one attached hydrogen (secondary N) is 2. The molecule has 0 fully saturated rings. The second kappa shape index (κ2) is 9.09. The number of fused-ring (bicyclic) bond motifs is 3. The SMILES string of the molecule is CC[C@@H](C)NC(=O)NC(=O)CSc1nc2sc3c(c2c(=O)n1CC)CCCC3. The van der Waals surface area contributed by atoms with E-state index in [9.17, 15) is 14.4 Å². The number of amides is 3. The molecule has 0 spiro atoms. The molecule has 9 heteroatoms. The number of urea groups is 1. The van der Waals surface area contributed by atoms with E-state index in [-0.39, 0.29) is 17.4 Å². The number of hydrogen-bond acceptors (Lipinski definition) is 6. The van der Waals surface area contributed by atoms with Crippen LogP contribution in [0.25, 0.3) is 10.2 Å². The van der Waals surface area contributed by atoms with Gasteiger partial charge in [0.1, 0.15) is 4.83 Å². The molecule has 0 bridgehead atoms. The summed E-state index contributed by atoms with van der Waals surface area (Å²) >= 11 is 2.79. The van der Waals surface area contributed by atoms with Crippen LogP contribution in [0.3, 0.4) is 0 Å². The predicted molar refractivity (Wildman–Crippen MR) is 113 cm³/mol. The molecule has 0 aromatic carbocycles. The monoisotopic (exact) mass is 422 g/mol. The number of nitrogens with zero attached hydrogens (tertiary/aromatic N) is 2. The van der Waals surface area contributed by atoms with Crippen LogP contribution in [0.5, 0.6) is 0 Å². The Morgan fingerprint density at radius 2 is 2.04 bits per heavy atom. The fraction of sp³-hybridized carbons (Fsp3) is 0.579. The van der Waals surface area contributed by atoms with E-state index in [0.717, 1.165) is 42.3 Å². The van der Waals surface area contributed by atoms with Gasteiger partial charge >= 0.3 is 6.03 Å². The number of aromatic nitrogens is 2. The molecule has 3 rings (SSSR count). The first kappa shape index (κ1) is 20.9. The third kappa shape index (κ3) is 4.41. The first-order valence-electron chi connectivity index (χ1n) is 9.72. The number of aryl methyl sites for hydroxylation is 2. The Morgan fingerprint density at radius 3 is 2.75 bits per heavy atom. The van der Waals surface area contributed by atoms with E-state index in [0.29, 0.717) is 11.7 Å². The van der Waals surface area contributed by atoms with Crippen LogP contribution in [0.2, 0.25) is 0 Å². The lowest BCUT2D eigenvalue weighted by Crippen LogP contribution is -2.44. The number of carbonyl (C=O) groups excluding carboxylic acids is 2. The number of thioether (sulfide) groups is 1. The molecule has 3 amide bonds. The van der Waals surface area contributed by atoms with E-state index in [4.69, 9.17) is 0 Å². The molecule has 0 saturated carbocycles. The Kier molecular flexibility index (Phi) is 6.77. The van der Waals surface area contributed by atoms with Crippen molar-refractivity contribution >= 4 is 45.3 Å². The van der Waals surface area contributed by atoms with Crippen LogP contribution < -0.4 is 16.2 Å². The highest BCUT2D eigenvalue weighted by Gasteiger charge is 2.22. The fourth-order valence-corrected chi connectivity index (χ4v) is 5.43. The summed E-state index contributed by atoms with van der Waals surface area (Å²) in [6, 6.07) is -0.498. The van der Waals surface area contributed by atoms with Crippen molar-refractivity contribution in [3.63, 3.8) is 0 Å². The first-order valence-corrected chi connectivity index (χ1v) is 11.5. The normalized spacial score (nSPS) is 14.5. The minimum absolute atomic E-state index is 0.000315. The Balaban J connectivity index is 1.77. The molecular formula is C19H26N4O3S2. The number of rotatable bonds is 6. The molecule has 2 N–H and O–H groups in total. The average molecular weight is 423 g/mol. The van der Waals surface area contributed by atoms with Gasteiger partial charge in [-0.1, -0.05) is 18.7 Å². The van der Waals surface area contributed by atoms with Gasteiger partial charge in [0.25, 0.3) is 5.56 Å². The predicted octanol–water partition coefficient (Wildman–Crippen LogP) is 3.07. The molecule has 152 valence electrons. The largest absolute Gasteiger partial charge is 0.335 e. The van der Waals surface area contributed by atoms with Gasteiger partial charge in [-0.2, -0.15) is 0 Å². The third-order valence-corrected chi connectivity index (χ3v) is 7.09. The van der Waals surface area contributed by atoms with Crippen molar-refractivity contribution in [1.82, 2.24) is 20.2 Å². The maximum Gasteiger partial charge on any atom is 0.321 e. The first-order chi connectivity index (χ1) is 13.4. The highest BCUT2D eigenvalue weighted by atomic mass is 32.2. The van der Waals surface area contributed by atoms with Crippen molar-refractivity contribution < 1.29 is 9.59 Å². The summed E-state index contributed by atoms with van der Waals surface area (Å²) in [5.74, 6) is -0.384. The summed E-state index contributed by atoms with van der Waals surface area (Å²) < 4.78 is 1.63. The highest BCUT2D eigenvalue weighted by Crippen LogP contribution is 2.34. The lowest BCUT2D eigenvalue weighted by atomic mass is 9.97. The molecule has 0 radical (unpaired) electrons. The van der Waals surface area contributed by atoms with Crippen LogP contribution in [-0.2, 0) is 24.2 Å². The van der Waals surface area contributed by atoms with Gasteiger partial charge in [-0.25, -0.2) is 9.78 Å². The van der Waals surface area contributed by atoms with Crippen LogP contribution in [0, 0.1) is 0 Å². The van der Waals surface area contributed by atoms with Gasteiger partial charge in [-0.05, 0) is 51.5 Å². The summed E-state index contributed by atoms with van der Waals surface area (Å²) in [5.41, 5.74) is 1.14. The van der Waals surface area contributed by atoms with Crippen LogP contribution >= 0.6 is 23.1 Å². The number of hydrogen-bond donors (Lipinski definition) is 2. The Morgan fingerprint density at radius 1 is 1.29 bits per heavy atom. The summed E-state index contributed by atoms with van der Waals surface area (Å²) in [6.45, 7) is 6.22. The van der Waals surface area contributed by atoms with Crippen molar-refractivity contribution in [2.75, 3.05) is 5.75 Å². The zero-order valence-electron chi connectivity index (χ0n) is 16.5. The van der Waals surface area contributed by atoms with Crippen molar-refractivity contribution in [2.24, 2.45) is 0 Å². The molecule has 1 atom stereocenters. The molecule has 2 heterocycles. The molecule has 0 unspecified atom stereocenters. The van der Waals surface area contributed by atoms with Crippen LogP contribution in [0.4, 0.5) is 4.79 Å². The smallest absolute Gasteiger partial charge is 0.321 e. The lowest BCUT2D eigenvalue weighted by molar-refractivity contribution is -0.117. The zero-order chi connectivity index (χ0) is 20.3. The molecule has 2 aromatic heterocycles. The minimum Gasteiger partial charge on any atom is -0.335 e. The Hall–Kier alpha value is -1.87. The van der Waals surface area contributed by atoms with Crippen LogP contribution in [0.15, 0.2) is 9.95 Å². The van der Waals surface area contributed by atoms with Crippen molar-refractivity contribution in [1.29, 1.82) is 0 Å². The maximum absolute atomic E-state index is 13.0. The number of carbonyl (C=O) groups is 2. The standard InChI is InChI=1S/C19H26N4O3S2/c1-4-11(3)20-18(26)21-14(24)10-27-19-22-16-15(17(25)23(19)5-2)12-8-6-7-9-13(12)28-16/h11H,4-10H2,1-3H3,(H2,20,21,24,26)/t11-/m1/s1. The summed E-state index contributed by atoms with van der Waals surface area (Å²) in [4.78, 5) is 43.6. The average Bonchev–Trinajstić information content (AvgIpc) is 3.04. The minimum atomic E-state index is -0.498. The summed E-state index contributed by atoms with van der Waals surface area (Å²) in [7, 11) is 0. The molecular weight excluding hydrogens is 396 g/mol. The lowest BCUT2D eigenvalue weighted by Gasteiger charge is -2.13. The Labute approximate surface area is 172 Å². The fourth-order valence-electron chi connectivity index (χ4n) is 3.26. The van der Waals surface area contributed by atoms with Gasteiger partial charge in [0.05, 0.1) is 11.1 Å². The molecule has 1 aliphatic carbocycles. The van der Waals surface area contributed by atoms with Gasteiger partial charge < -0.3 is 5.32 Å². The topological polar surface area (TPSA) is 93.1 Å². The van der Waals surface area contributed by atoms with Crippen molar-refractivity contribution in [3.8, 4) is 0 Å². The molecule has 7 nitrogen and oxygen atoms in total. The Bertz CT molecular complexity index is 951. The molecule has 28 heavy (non-hydrogen) atoms. The molecule has 0 aliphatic heterocycles. The third-order valence-electron chi connectivity index (χ3n) is 4.93. The second-order valence-corrected chi connectivity index (χ2v) is 8.98. The molecule has 2 aromatic rings. The van der Waals surface area contributed by atoms with E-state index in [2.05, 4.69) is 15.6 Å². The number of imide groups is 1. The van der Waals surface area contributed by atoms with Gasteiger partial charge in [0.2, 0.25) is 5.91 Å². The van der Waals surface area contributed by atoms with Gasteiger partial charge in [-0.3, -0.25) is 19.5 Å². The zero-order valence-corrected chi connectivity index (χ0v) is 18.1. The summed E-state index contributed by atoms with van der Waals surface area (Å²) in [6.07, 6.45) is 5.00. The van der Waals surface area contributed by atoms with Crippen LogP contribution in [0.1, 0.15) is 50.5 Å². The second-order valence-electron chi connectivity index (χ2n) is 6.95. The van der Waals surface area contributed by atoms with E-state index >= 15 is 0 Å². The van der Waals surface area contributed by atoms with E-state index in [1.54, 1.807) is 15.9 Å². The molecule has 0 saturated heterocycles. The van der Waals surface area contributed by atoms with E-state index in [1.807, 2.05) is 20.8 Å². The van der Waals surface area contributed by atoms with Crippen molar-refractivity contribution in [3.05, 3.63) is 20.8 Å². The maximum atomic E-state index is 13.0. The quantitative estimate of drug-likeness (QED) is 0.551. The van der Waals surface area contributed by atoms with Crippen molar-refractivity contribution in [2.45, 2.75) is 70.6 Å². The van der Waals surface area contributed by atoms with E-state index in [1.165, 1.54) is 22.2 Å². The van der Waals surface area contributed by atoms with E-state index < -0.39 is 11.9 Å². The molecule has 1 aliphatic rings. The highest BCUT2D eigenvalue weighted by molar-refractivity contribution is 7.99. The van der Waals surface area contributed by atoms with Gasteiger partial charge in [-0.15, -0.1) is 11.3 Å².